The molecule has 0 saturated heterocycles. The first-order valence-electron chi connectivity index (χ1n) is 4.99. The number of imidazole rings is 1. The van der Waals surface area contributed by atoms with Gasteiger partial charge in [0.1, 0.15) is 0 Å². The molecule has 0 spiro atoms. The highest BCUT2D eigenvalue weighted by Crippen LogP contribution is 2.13. The van der Waals surface area contributed by atoms with E-state index in [-0.39, 0.29) is 0 Å². The first-order chi connectivity index (χ1) is 6.79. The second kappa shape index (κ2) is 5.78. The van der Waals surface area contributed by atoms with Gasteiger partial charge in [0, 0.05) is 38.1 Å². The van der Waals surface area contributed by atoms with Crippen molar-refractivity contribution in [3.05, 3.63) is 18.2 Å². The second-order valence-electron chi connectivity index (χ2n) is 3.46. The van der Waals surface area contributed by atoms with Gasteiger partial charge in [-0.1, -0.05) is 0 Å². The molecule has 80 valence electrons. The quantitative estimate of drug-likeness (QED) is 0.739. The van der Waals surface area contributed by atoms with Crippen LogP contribution in [0.3, 0.4) is 0 Å². The lowest BCUT2D eigenvalue weighted by molar-refractivity contribution is 0.180. The molecule has 0 bridgehead atoms. The standard InChI is InChI=1S/C10H19N3O/c1-9(4-6-14-2)13-8-12-7-10(13)3-5-11/h7-9H,3-6,11H2,1-2H3. The molecule has 1 rings (SSSR count). The van der Waals surface area contributed by atoms with Gasteiger partial charge in [-0.25, -0.2) is 4.98 Å². The van der Waals surface area contributed by atoms with Crippen LogP contribution in [0.2, 0.25) is 0 Å². The molecule has 1 unspecified atom stereocenters. The average molecular weight is 197 g/mol. The molecule has 0 aromatic carbocycles. The molecule has 1 atom stereocenters. The molecule has 4 nitrogen and oxygen atoms in total. The molecule has 0 aliphatic heterocycles. The fraction of sp³-hybridized carbons (Fsp3) is 0.700. The Morgan fingerprint density at radius 2 is 2.43 bits per heavy atom. The van der Waals surface area contributed by atoms with Crippen molar-refractivity contribution in [1.82, 2.24) is 9.55 Å². The van der Waals surface area contributed by atoms with E-state index in [1.165, 1.54) is 5.69 Å². The van der Waals surface area contributed by atoms with Crippen LogP contribution in [0.4, 0.5) is 0 Å². The molecule has 14 heavy (non-hydrogen) atoms. The Labute approximate surface area is 85.1 Å². The molecule has 0 fully saturated rings. The first kappa shape index (κ1) is 11.2. The topological polar surface area (TPSA) is 53.1 Å². The number of aromatic nitrogens is 2. The number of methoxy groups -OCH3 is 1. The lowest BCUT2D eigenvalue weighted by atomic mass is 10.2. The Morgan fingerprint density at radius 1 is 1.64 bits per heavy atom. The van der Waals surface area contributed by atoms with E-state index in [0.717, 1.165) is 19.4 Å². The lowest BCUT2D eigenvalue weighted by Gasteiger charge is -2.15. The molecule has 0 aliphatic carbocycles. The van der Waals surface area contributed by atoms with Crippen molar-refractivity contribution in [3.8, 4) is 0 Å². The van der Waals surface area contributed by atoms with Crippen molar-refractivity contribution >= 4 is 0 Å². The predicted molar refractivity (Wildman–Crippen MR) is 56.2 cm³/mol. The highest BCUT2D eigenvalue weighted by atomic mass is 16.5. The molecule has 0 radical (unpaired) electrons. The van der Waals surface area contributed by atoms with Crippen LogP contribution in [0.5, 0.6) is 0 Å². The molecule has 1 heterocycles. The van der Waals surface area contributed by atoms with Crippen molar-refractivity contribution in [1.29, 1.82) is 0 Å². The van der Waals surface area contributed by atoms with E-state index in [2.05, 4.69) is 16.5 Å². The Kier molecular flexibility index (Phi) is 4.62. The van der Waals surface area contributed by atoms with Crippen LogP contribution in [0.15, 0.2) is 12.5 Å². The normalized spacial score (nSPS) is 13.1. The molecule has 1 aromatic heterocycles. The molecule has 4 heteroatoms. The maximum absolute atomic E-state index is 5.52. The van der Waals surface area contributed by atoms with Crippen LogP contribution >= 0.6 is 0 Å². The van der Waals surface area contributed by atoms with Crippen molar-refractivity contribution in [2.24, 2.45) is 5.73 Å². The third-order valence-electron chi connectivity index (χ3n) is 2.36. The highest BCUT2D eigenvalue weighted by Gasteiger charge is 2.08. The van der Waals surface area contributed by atoms with E-state index in [1.54, 1.807) is 7.11 Å². The fourth-order valence-corrected chi connectivity index (χ4v) is 1.50. The van der Waals surface area contributed by atoms with Crippen LogP contribution in [0.25, 0.3) is 0 Å². The number of rotatable bonds is 6. The number of nitrogens with zero attached hydrogens (tertiary/aromatic N) is 2. The Morgan fingerprint density at radius 3 is 3.07 bits per heavy atom. The van der Waals surface area contributed by atoms with E-state index in [1.807, 2.05) is 12.5 Å². The van der Waals surface area contributed by atoms with E-state index < -0.39 is 0 Å². The fourth-order valence-electron chi connectivity index (χ4n) is 1.50. The number of hydrogen-bond acceptors (Lipinski definition) is 3. The number of hydrogen-bond donors (Lipinski definition) is 1. The Balaban J connectivity index is 2.58. The van der Waals surface area contributed by atoms with Gasteiger partial charge in [-0.2, -0.15) is 0 Å². The summed E-state index contributed by atoms with van der Waals surface area (Å²) >= 11 is 0. The van der Waals surface area contributed by atoms with Gasteiger partial charge in [-0.3, -0.25) is 0 Å². The second-order valence-corrected chi connectivity index (χ2v) is 3.46. The summed E-state index contributed by atoms with van der Waals surface area (Å²) in [6, 6.07) is 0.430. The molecule has 1 aromatic rings. The summed E-state index contributed by atoms with van der Waals surface area (Å²) in [4.78, 5) is 4.14. The predicted octanol–water partition coefficient (Wildman–Crippen LogP) is 0.982. The summed E-state index contributed by atoms with van der Waals surface area (Å²) < 4.78 is 7.22. The van der Waals surface area contributed by atoms with Gasteiger partial charge in [-0.15, -0.1) is 0 Å². The van der Waals surface area contributed by atoms with Gasteiger partial charge in [0.2, 0.25) is 0 Å². The third kappa shape index (κ3) is 2.82. The molecule has 2 N–H and O–H groups in total. The summed E-state index contributed by atoms with van der Waals surface area (Å²) in [5.41, 5.74) is 6.73. The Bertz CT molecular complexity index is 260. The van der Waals surface area contributed by atoms with E-state index >= 15 is 0 Å². The van der Waals surface area contributed by atoms with Gasteiger partial charge >= 0.3 is 0 Å². The van der Waals surface area contributed by atoms with Crippen LogP contribution in [-0.4, -0.2) is 29.8 Å². The molecule has 0 aliphatic rings. The van der Waals surface area contributed by atoms with Gasteiger partial charge in [0.25, 0.3) is 0 Å². The van der Waals surface area contributed by atoms with Crippen molar-refractivity contribution in [2.75, 3.05) is 20.3 Å². The minimum atomic E-state index is 0.430. The average Bonchev–Trinajstić information content (AvgIpc) is 2.63. The Hall–Kier alpha value is -0.870. The van der Waals surface area contributed by atoms with Gasteiger partial charge in [-0.05, 0) is 19.9 Å². The van der Waals surface area contributed by atoms with Crippen LogP contribution in [0, 0.1) is 0 Å². The van der Waals surface area contributed by atoms with E-state index in [4.69, 9.17) is 10.5 Å². The van der Waals surface area contributed by atoms with Crippen molar-refractivity contribution in [3.63, 3.8) is 0 Å². The van der Waals surface area contributed by atoms with Gasteiger partial charge in [0.05, 0.1) is 6.33 Å². The lowest BCUT2D eigenvalue weighted by Crippen LogP contribution is -2.13. The zero-order valence-electron chi connectivity index (χ0n) is 8.94. The SMILES string of the molecule is COCCC(C)n1cncc1CCN. The van der Waals surface area contributed by atoms with E-state index in [0.29, 0.717) is 12.6 Å². The minimum absolute atomic E-state index is 0.430. The van der Waals surface area contributed by atoms with Crippen LogP contribution in [-0.2, 0) is 11.2 Å². The maximum atomic E-state index is 5.52. The summed E-state index contributed by atoms with van der Waals surface area (Å²) in [5.74, 6) is 0. The molecular formula is C10H19N3O. The largest absolute Gasteiger partial charge is 0.385 e. The minimum Gasteiger partial charge on any atom is -0.385 e. The summed E-state index contributed by atoms with van der Waals surface area (Å²) in [7, 11) is 1.72. The molecule has 0 amide bonds. The number of ether oxygens (including phenoxy) is 1. The van der Waals surface area contributed by atoms with E-state index in [9.17, 15) is 0 Å². The molecular weight excluding hydrogens is 178 g/mol. The monoisotopic (exact) mass is 197 g/mol. The zero-order valence-corrected chi connectivity index (χ0v) is 8.94. The van der Waals surface area contributed by atoms with Gasteiger partial charge < -0.3 is 15.0 Å². The maximum Gasteiger partial charge on any atom is 0.0950 e. The summed E-state index contributed by atoms with van der Waals surface area (Å²) in [6.45, 7) is 3.62. The molecule has 0 saturated carbocycles. The first-order valence-corrected chi connectivity index (χ1v) is 4.99. The van der Waals surface area contributed by atoms with Crippen LogP contribution < -0.4 is 5.73 Å². The van der Waals surface area contributed by atoms with Crippen LogP contribution in [0.1, 0.15) is 25.1 Å². The van der Waals surface area contributed by atoms with Crippen molar-refractivity contribution in [2.45, 2.75) is 25.8 Å². The summed E-state index contributed by atoms with van der Waals surface area (Å²) in [6.07, 6.45) is 5.64. The zero-order chi connectivity index (χ0) is 10.4. The van der Waals surface area contributed by atoms with Crippen molar-refractivity contribution < 1.29 is 4.74 Å². The smallest absolute Gasteiger partial charge is 0.0950 e. The third-order valence-corrected chi connectivity index (χ3v) is 2.36. The number of nitrogens with two attached hydrogens (primary N) is 1. The van der Waals surface area contributed by atoms with Gasteiger partial charge in [0.15, 0.2) is 0 Å². The highest BCUT2D eigenvalue weighted by molar-refractivity contribution is 5.00. The summed E-state index contributed by atoms with van der Waals surface area (Å²) in [5, 5.41) is 0.